The van der Waals surface area contributed by atoms with Crippen LogP contribution >= 0.6 is 0 Å². The zero-order chi connectivity index (χ0) is 14.4. The lowest BCUT2D eigenvalue weighted by molar-refractivity contribution is 0.0578. The van der Waals surface area contributed by atoms with Crippen molar-refractivity contribution in [2.24, 2.45) is 11.8 Å². The van der Waals surface area contributed by atoms with Crippen molar-refractivity contribution in [3.05, 3.63) is 0 Å². The lowest BCUT2D eigenvalue weighted by atomic mass is 9.81. The number of rotatable bonds is 6. The van der Waals surface area contributed by atoms with Crippen LogP contribution in [0.3, 0.4) is 0 Å². The highest BCUT2D eigenvalue weighted by Crippen LogP contribution is 2.31. The van der Waals surface area contributed by atoms with Crippen LogP contribution in [0.4, 0.5) is 0 Å². The first-order valence-corrected chi connectivity index (χ1v) is 9.22. The van der Waals surface area contributed by atoms with Crippen molar-refractivity contribution in [3.63, 3.8) is 0 Å². The van der Waals surface area contributed by atoms with Gasteiger partial charge in [-0.2, -0.15) is 0 Å². The fraction of sp³-hybridized carbons (Fsp3) is 1.00. The third-order valence-electron chi connectivity index (χ3n) is 5.61. The van der Waals surface area contributed by atoms with Gasteiger partial charge in [0.1, 0.15) is 0 Å². The van der Waals surface area contributed by atoms with Crippen molar-refractivity contribution in [1.82, 2.24) is 10.2 Å². The van der Waals surface area contributed by atoms with Gasteiger partial charge in [-0.05, 0) is 31.1 Å². The van der Waals surface area contributed by atoms with E-state index in [-0.39, 0.29) is 0 Å². The summed E-state index contributed by atoms with van der Waals surface area (Å²) in [5, 5.41) is 3.85. The second-order valence-electron chi connectivity index (χ2n) is 7.33. The molecule has 118 valence electrons. The first kappa shape index (κ1) is 16.3. The number of nitrogens with zero attached hydrogens (tertiary/aromatic N) is 1. The van der Waals surface area contributed by atoms with Crippen LogP contribution in [0.1, 0.15) is 72.1 Å². The van der Waals surface area contributed by atoms with Gasteiger partial charge in [-0.1, -0.05) is 52.9 Å². The maximum atomic E-state index is 3.85. The molecule has 2 aliphatic rings. The first-order valence-electron chi connectivity index (χ1n) is 9.22. The van der Waals surface area contributed by atoms with Gasteiger partial charge in [0.15, 0.2) is 0 Å². The molecule has 0 bridgehead atoms. The zero-order valence-corrected chi connectivity index (χ0v) is 14.0. The number of piperazine rings is 1. The first-order chi connectivity index (χ1) is 9.74. The summed E-state index contributed by atoms with van der Waals surface area (Å²) in [7, 11) is 0. The Morgan fingerprint density at radius 2 is 1.90 bits per heavy atom. The van der Waals surface area contributed by atoms with Gasteiger partial charge < -0.3 is 5.32 Å². The summed E-state index contributed by atoms with van der Waals surface area (Å²) in [6, 6.07) is 1.56. The fourth-order valence-electron chi connectivity index (χ4n) is 4.16. The van der Waals surface area contributed by atoms with E-state index in [1.54, 1.807) is 0 Å². The Morgan fingerprint density at radius 1 is 1.15 bits per heavy atom. The molecule has 2 fully saturated rings. The van der Waals surface area contributed by atoms with E-state index in [4.69, 9.17) is 0 Å². The second kappa shape index (κ2) is 8.38. The molecule has 1 N–H and O–H groups in total. The van der Waals surface area contributed by atoms with Crippen LogP contribution in [0.25, 0.3) is 0 Å². The van der Waals surface area contributed by atoms with Crippen molar-refractivity contribution in [2.75, 3.05) is 19.6 Å². The van der Waals surface area contributed by atoms with Crippen LogP contribution in [0, 0.1) is 11.8 Å². The van der Waals surface area contributed by atoms with E-state index < -0.39 is 0 Å². The molecule has 2 heteroatoms. The van der Waals surface area contributed by atoms with Gasteiger partial charge in [-0.3, -0.25) is 4.90 Å². The molecule has 1 saturated carbocycles. The van der Waals surface area contributed by atoms with Crippen molar-refractivity contribution in [3.8, 4) is 0 Å². The predicted molar refractivity (Wildman–Crippen MR) is 88.1 cm³/mol. The Hall–Kier alpha value is -0.0800. The van der Waals surface area contributed by atoms with Crippen LogP contribution in [-0.2, 0) is 0 Å². The quantitative estimate of drug-likeness (QED) is 0.789. The Morgan fingerprint density at radius 3 is 2.55 bits per heavy atom. The smallest absolute Gasteiger partial charge is 0.0249 e. The number of hydrogen-bond donors (Lipinski definition) is 1. The maximum Gasteiger partial charge on any atom is 0.0249 e. The van der Waals surface area contributed by atoms with Gasteiger partial charge in [-0.25, -0.2) is 0 Å². The lowest BCUT2D eigenvalue weighted by Crippen LogP contribution is -2.59. The minimum absolute atomic E-state index is 0.740. The summed E-state index contributed by atoms with van der Waals surface area (Å²) in [6.45, 7) is 10.9. The molecule has 2 nitrogen and oxygen atoms in total. The Balaban J connectivity index is 1.96. The summed E-state index contributed by atoms with van der Waals surface area (Å²) in [5.74, 6) is 1.81. The molecule has 3 atom stereocenters. The van der Waals surface area contributed by atoms with Gasteiger partial charge in [0.2, 0.25) is 0 Å². The van der Waals surface area contributed by atoms with Crippen molar-refractivity contribution >= 4 is 0 Å². The molecule has 20 heavy (non-hydrogen) atoms. The largest absolute Gasteiger partial charge is 0.311 e. The lowest BCUT2D eigenvalue weighted by Gasteiger charge is -2.46. The van der Waals surface area contributed by atoms with Gasteiger partial charge in [-0.15, -0.1) is 0 Å². The van der Waals surface area contributed by atoms with Crippen molar-refractivity contribution < 1.29 is 0 Å². The van der Waals surface area contributed by atoms with E-state index in [0.29, 0.717) is 0 Å². The molecule has 1 aliphatic heterocycles. The molecule has 1 saturated heterocycles. The van der Waals surface area contributed by atoms with Crippen LogP contribution < -0.4 is 5.32 Å². The number of nitrogens with one attached hydrogen (secondary N) is 1. The van der Waals surface area contributed by atoms with Gasteiger partial charge in [0.05, 0.1) is 0 Å². The normalized spacial score (nSPS) is 31.4. The third-order valence-corrected chi connectivity index (χ3v) is 5.61. The topological polar surface area (TPSA) is 15.3 Å². The molecule has 0 amide bonds. The summed E-state index contributed by atoms with van der Waals surface area (Å²) in [5.41, 5.74) is 0. The highest BCUT2D eigenvalue weighted by Gasteiger charge is 2.33. The van der Waals surface area contributed by atoms with Crippen molar-refractivity contribution in [2.45, 2.75) is 84.2 Å². The minimum Gasteiger partial charge on any atom is -0.311 e. The molecule has 0 aromatic carbocycles. The summed E-state index contributed by atoms with van der Waals surface area (Å²) < 4.78 is 0. The maximum absolute atomic E-state index is 3.85. The van der Waals surface area contributed by atoms with Crippen LogP contribution in [-0.4, -0.2) is 36.6 Å². The molecule has 1 heterocycles. The van der Waals surface area contributed by atoms with E-state index >= 15 is 0 Å². The standard InChI is InChI=1S/C18H36N2/c1-4-9-17-14-20(13-15(3)5-2)18(12-19-17)16-10-7-6-8-11-16/h15-19H,4-14H2,1-3H3. The minimum atomic E-state index is 0.740. The van der Waals surface area contributed by atoms with E-state index in [1.165, 1.54) is 71.0 Å². The SMILES string of the molecule is CCCC1CN(CC(C)CC)C(C2CCCCC2)CN1. The Bertz CT molecular complexity index is 260. The highest BCUT2D eigenvalue weighted by atomic mass is 15.2. The van der Waals surface area contributed by atoms with E-state index in [9.17, 15) is 0 Å². The predicted octanol–water partition coefficient (Wildman–Crippen LogP) is 4.06. The molecular formula is C18H36N2. The van der Waals surface area contributed by atoms with Gasteiger partial charge in [0, 0.05) is 31.7 Å². The Kier molecular flexibility index (Phi) is 6.83. The highest BCUT2D eigenvalue weighted by molar-refractivity contribution is 4.91. The molecule has 0 aromatic heterocycles. The molecule has 0 spiro atoms. The van der Waals surface area contributed by atoms with Crippen LogP contribution in [0.5, 0.6) is 0 Å². The average molecular weight is 280 g/mol. The van der Waals surface area contributed by atoms with E-state index in [0.717, 1.165) is 23.9 Å². The Labute approximate surface area is 126 Å². The summed E-state index contributed by atoms with van der Waals surface area (Å²) >= 11 is 0. The molecule has 1 aliphatic carbocycles. The third kappa shape index (κ3) is 4.46. The molecule has 2 rings (SSSR count). The average Bonchev–Trinajstić information content (AvgIpc) is 2.48. The van der Waals surface area contributed by atoms with Gasteiger partial charge >= 0.3 is 0 Å². The fourth-order valence-corrected chi connectivity index (χ4v) is 4.16. The zero-order valence-electron chi connectivity index (χ0n) is 14.0. The second-order valence-corrected chi connectivity index (χ2v) is 7.33. The van der Waals surface area contributed by atoms with Crippen LogP contribution in [0.2, 0.25) is 0 Å². The summed E-state index contributed by atoms with van der Waals surface area (Å²) in [6.07, 6.45) is 11.3. The molecular weight excluding hydrogens is 244 g/mol. The van der Waals surface area contributed by atoms with Gasteiger partial charge in [0.25, 0.3) is 0 Å². The molecule has 0 radical (unpaired) electrons. The van der Waals surface area contributed by atoms with Crippen molar-refractivity contribution in [1.29, 1.82) is 0 Å². The molecule has 0 aromatic rings. The van der Waals surface area contributed by atoms with E-state index in [2.05, 4.69) is 31.0 Å². The van der Waals surface area contributed by atoms with Crippen LogP contribution in [0.15, 0.2) is 0 Å². The summed E-state index contributed by atoms with van der Waals surface area (Å²) in [4.78, 5) is 2.86. The number of hydrogen-bond acceptors (Lipinski definition) is 2. The van der Waals surface area contributed by atoms with E-state index in [1.807, 2.05) is 0 Å². The monoisotopic (exact) mass is 280 g/mol. The molecule has 3 unspecified atom stereocenters.